The van der Waals surface area contributed by atoms with Crippen molar-refractivity contribution in [2.24, 2.45) is 0 Å². The van der Waals surface area contributed by atoms with Gasteiger partial charge in [-0.05, 0) is 56.5 Å². The van der Waals surface area contributed by atoms with Crippen LogP contribution in [0.15, 0.2) is 29.3 Å². The van der Waals surface area contributed by atoms with Crippen LogP contribution in [-0.2, 0) is 11.0 Å². The normalized spacial score (nSPS) is 13.9. The Bertz CT molecular complexity index is 995. The Morgan fingerprint density at radius 2 is 1.97 bits per heavy atom. The zero-order valence-corrected chi connectivity index (χ0v) is 17.5. The summed E-state index contributed by atoms with van der Waals surface area (Å²) in [7, 11) is 0. The molecule has 1 fully saturated rings. The number of aromatic nitrogens is 1. The fourth-order valence-corrected chi connectivity index (χ4v) is 4.31. The first-order chi connectivity index (χ1) is 14.2. The van der Waals surface area contributed by atoms with E-state index >= 15 is 0 Å². The number of hydrogen-bond donors (Lipinski definition) is 1. The maximum Gasteiger partial charge on any atom is 0.417 e. The molecule has 0 bridgehead atoms. The van der Waals surface area contributed by atoms with Crippen molar-refractivity contribution in [3.63, 3.8) is 0 Å². The number of nitrogens with zero attached hydrogens (tertiary/aromatic N) is 3. The van der Waals surface area contributed by atoms with Gasteiger partial charge in [0.15, 0.2) is 0 Å². The molecule has 1 amide bonds. The van der Waals surface area contributed by atoms with Gasteiger partial charge in [0.25, 0.3) is 0 Å². The number of nitrogens with one attached hydrogen (secondary N) is 1. The fourth-order valence-electron chi connectivity index (χ4n) is 3.46. The van der Waals surface area contributed by atoms with E-state index in [1.165, 1.54) is 19.8 Å². The molecule has 1 saturated heterocycles. The van der Waals surface area contributed by atoms with Gasteiger partial charge in [0, 0.05) is 30.2 Å². The summed E-state index contributed by atoms with van der Waals surface area (Å²) >= 11 is 0.817. The first kappa shape index (κ1) is 22.0. The maximum absolute atomic E-state index is 13.2. The number of thioether (sulfide) groups is 1. The standard InChI is InChI=1S/C21H21F3N4OS/c1-13-9-15(5-6-18(13)28-7-3-4-8-28)27-19(29)12-30-20-16(11-25)17(21(22,23)24)10-14(2)26-20/h5-6,9-10H,3-4,7-8,12H2,1-2H3,(H,27,29). The van der Waals surface area contributed by atoms with Crippen LogP contribution in [0.2, 0.25) is 0 Å². The fraction of sp³-hybridized carbons (Fsp3) is 0.381. The number of rotatable bonds is 5. The van der Waals surface area contributed by atoms with E-state index in [1.54, 1.807) is 6.07 Å². The van der Waals surface area contributed by atoms with Crippen molar-refractivity contribution in [3.8, 4) is 6.07 Å². The molecule has 5 nitrogen and oxygen atoms in total. The molecule has 2 heterocycles. The Labute approximate surface area is 177 Å². The van der Waals surface area contributed by atoms with Gasteiger partial charge in [-0.25, -0.2) is 4.98 Å². The molecule has 1 aliphatic rings. The van der Waals surface area contributed by atoms with Crippen LogP contribution in [-0.4, -0.2) is 29.7 Å². The monoisotopic (exact) mass is 434 g/mol. The highest BCUT2D eigenvalue weighted by atomic mass is 32.2. The third kappa shape index (κ3) is 5.05. The Balaban J connectivity index is 1.69. The van der Waals surface area contributed by atoms with E-state index < -0.39 is 17.3 Å². The van der Waals surface area contributed by atoms with Crippen molar-refractivity contribution in [1.82, 2.24) is 4.98 Å². The van der Waals surface area contributed by atoms with Gasteiger partial charge < -0.3 is 10.2 Å². The Hall–Kier alpha value is -2.73. The third-order valence-corrected chi connectivity index (χ3v) is 5.77. The number of carbonyl (C=O) groups excluding carboxylic acids is 1. The smallest absolute Gasteiger partial charge is 0.371 e. The van der Waals surface area contributed by atoms with E-state index in [4.69, 9.17) is 0 Å². The molecular formula is C21H21F3N4OS. The predicted molar refractivity (Wildman–Crippen MR) is 111 cm³/mol. The van der Waals surface area contributed by atoms with Gasteiger partial charge in [-0.2, -0.15) is 18.4 Å². The second kappa shape index (κ2) is 8.96. The van der Waals surface area contributed by atoms with E-state index in [2.05, 4.69) is 15.2 Å². The minimum Gasteiger partial charge on any atom is -0.371 e. The Morgan fingerprint density at radius 3 is 2.57 bits per heavy atom. The maximum atomic E-state index is 13.2. The first-order valence-electron chi connectivity index (χ1n) is 9.46. The summed E-state index contributed by atoms with van der Waals surface area (Å²) in [5, 5.41) is 11.9. The summed E-state index contributed by atoms with van der Waals surface area (Å²) in [4.78, 5) is 18.7. The van der Waals surface area contributed by atoms with Gasteiger partial charge in [0.1, 0.15) is 11.1 Å². The van der Waals surface area contributed by atoms with Crippen LogP contribution in [0.25, 0.3) is 0 Å². The number of alkyl halides is 3. The van der Waals surface area contributed by atoms with E-state index in [9.17, 15) is 23.2 Å². The number of nitriles is 1. The second-order valence-corrected chi connectivity index (χ2v) is 8.10. The summed E-state index contributed by atoms with van der Waals surface area (Å²) in [6.07, 6.45) is -2.32. The molecule has 3 rings (SSSR count). The molecule has 0 unspecified atom stereocenters. The van der Waals surface area contributed by atoms with Crippen molar-refractivity contribution in [1.29, 1.82) is 5.26 Å². The minimum absolute atomic E-state index is 0.0967. The van der Waals surface area contributed by atoms with Gasteiger partial charge in [-0.15, -0.1) is 0 Å². The number of aryl methyl sites for hydroxylation is 2. The number of benzene rings is 1. The van der Waals surface area contributed by atoms with Crippen LogP contribution in [0.1, 0.15) is 35.2 Å². The molecule has 0 radical (unpaired) electrons. The van der Waals surface area contributed by atoms with Crippen molar-refractivity contribution in [3.05, 3.63) is 46.6 Å². The molecule has 30 heavy (non-hydrogen) atoms. The third-order valence-electron chi connectivity index (χ3n) is 4.80. The average molecular weight is 434 g/mol. The molecule has 0 saturated carbocycles. The molecule has 1 N–H and O–H groups in total. The molecule has 0 spiro atoms. The largest absolute Gasteiger partial charge is 0.417 e. The number of halogens is 3. The molecule has 1 aliphatic heterocycles. The second-order valence-electron chi connectivity index (χ2n) is 7.13. The zero-order chi connectivity index (χ0) is 21.9. The first-order valence-corrected chi connectivity index (χ1v) is 10.4. The van der Waals surface area contributed by atoms with Crippen LogP contribution in [0.4, 0.5) is 24.5 Å². The highest BCUT2D eigenvalue weighted by Crippen LogP contribution is 2.36. The summed E-state index contributed by atoms with van der Waals surface area (Å²) < 4.78 is 39.6. The highest BCUT2D eigenvalue weighted by molar-refractivity contribution is 8.00. The molecule has 0 atom stereocenters. The molecule has 2 aromatic rings. The predicted octanol–water partition coefficient (Wildman–Crippen LogP) is 4.92. The Kier molecular flexibility index (Phi) is 6.56. The Morgan fingerprint density at radius 1 is 1.27 bits per heavy atom. The van der Waals surface area contributed by atoms with Gasteiger partial charge in [0.05, 0.1) is 16.9 Å². The molecule has 9 heteroatoms. The zero-order valence-electron chi connectivity index (χ0n) is 16.6. The van der Waals surface area contributed by atoms with Gasteiger partial charge in [0.2, 0.25) is 5.91 Å². The van der Waals surface area contributed by atoms with Crippen LogP contribution >= 0.6 is 11.8 Å². The van der Waals surface area contributed by atoms with Crippen molar-refractivity contribution < 1.29 is 18.0 Å². The van der Waals surface area contributed by atoms with Crippen molar-refractivity contribution >= 4 is 29.0 Å². The topological polar surface area (TPSA) is 69.0 Å². The van der Waals surface area contributed by atoms with Gasteiger partial charge >= 0.3 is 6.18 Å². The quantitative estimate of drug-likeness (QED) is 0.677. The number of anilines is 2. The van der Waals surface area contributed by atoms with Crippen LogP contribution in [0, 0.1) is 25.2 Å². The lowest BCUT2D eigenvalue weighted by atomic mass is 10.1. The number of amides is 1. The number of hydrogen-bond acceptors (Lipinski definition) is 5. The molecule has 1 aromatic heterocycles. The van der Waals surface area contributed by atoms with E-state index in [1.807, 2.05) is 25.1 Å². The number of carbonyl (C=O) groups is 1. The van der Waals surface area contributed by atoms with Crippen molar-refractivity contribution in [2.75, 3.05) is 29.1 Å². The molecular weight excluding hydrogens is 413 g/mol. The SMILES string of the molecule is Cc1cc(C(F)(F)F)c(C#N)c(SCC(=O)Nc2ccc(N3CCCC3)c(C)c2)n1. The summed E-state index contributed by atoms with van der Waals surface area (Å²) in [6, 6.07) is 8.07. The minimum atomic E-state index is -4.66. The lowest BCUT2D eigenvalue weighted by Crippen LogP contribution is -2.19. The van der Waals surface area contributed by atoms with Crippen molar-refractivity contribution in [2.45, 2.75) is 37.9 Å². The van der Waals surface area contributed by atoms with Gasteiger partial charge in [-0.1, -0.05) is 11.8 Å². The van der Waals surface area contributed by atoms with Crippen LogP contribution in [0.5, 0.6) is 0 Å². The summed E-state index contributed by atoms with van der Waals surface area (Å²) in [5.41, 5.74) is 1.35. The number of pyridine rings is 1. The van der Waals surface area contributed by atoms with E-state index in [0.29, 0.717) is 5.69 Å². The lowest BCUT2D eigenvalue weighted by Gasteiger charge is -2.20. The molecule has 0 aliphatic carbocycles. The van der Waals surface area contributed by atoms with Crippen LogP contribution < -0.4 is 10.2 Å². The molecule has 158 valence electrons. The lowest BCUT2D eigenvalue weighted by molar-refractivity contribution is -0.138. The molecule has 1 aromatic carbocycles. The summed E-state index contributed by atoms with van der Waals surface area (Å²) in [6.45, 7) is 5.44. The van der Waals surface area contributed by atoms with E-state index in [-0.39, 0.29) is 22.4 Å². The average Bonchev–Trinajstić information content (AvgIpc) is 3.19. The van der Waals surface area contributed by atoms with Crippen LogP contribution in [0.3, 0.4) is 0 Å². The van der Waals surface area contributed by atoms with E-state index in [0.717, 1.165) is 42.2 Å². The summed E-state index contributed by atoms with van der Waals surface area (Å²) in [5.74, 6) is -0.538. The highest BCUT2D eigenvalue weighted by Gasteiger charge is 2.35. The van der Waals surface area contributed by atoms with Gasteiger partial charge in [-0.3, -0.25) is 4.79 Å².